The third-order valence-electron chi connectivity index (χ3n) is 2.68. The van der Waals surface area contributed by atoms with Crippen LogP contribution in [-0.2, 0) is 12.8 Å². The third kappa shape index (κ3) is 1.39. The zero-order chi connectivity index (χ0) is 9.97. The van der Waals surface area contributed by atoms with E-state index in [9.17, 15) is 0 Å². The Bertz CT molecular complexity index is 403. The van der Waals surface area contributed by atoms with Crippen LogP contribution in [0.5, 0.6) is 0 Å². The molecule has 0 saturated heterocycles. The highest BCUT2D eigenvalue weighted by atomic mass is 14.7. The molecular weight excluding hydrogens is 170 g/mol. The Labute approximate surface area is 84.8 Å². The molecule has 0 amide bonds. The van der Waals surface area contributed by atoms with E-state index < -0.39 is 0 Å². The van der Waals surface area contributed by atoms with Gasteiger partial charge in [-0.05, 0) is 23.8 Å². The molecule has 0 radical (unpaired) electrons. The van der Waals surface area contributed by atoms with Crippen molar-refractivity contribution in [1.82, 2.24) is 4.98 Å². The van der Waals surface area contributed by atoms with Crippen molar-refractivity contribution >= 4 is 10.8 Å². The maximum absolute atomic E-state index is 4.50. The van der Waals surface area contributed by atoms with Gasteiger partial charge in [0.2, 0.25) is 0 Å². The van der Waals surface area contributed by atoms with Crippen molar-refractivity contribution in [1.29, 1.82) is 0 Å². The molecule has 0 aliphatic carbocycles. The number of fused-ring (bicyclic) bond motifs is 1. The highest BCUT2D eigenvalue weighted by Crippen LogP contribution is 2.21. The Hall–Kier alpha value is -1.37. The smallest absolute Gasteiger partial charge is 0.0479 e. The Morgan fingerprint density at radius 2 is 1.71 bits per heavy atom. The Balaban J connectivity index is 2.78. The van der Waals surface area contributed by atoms with Gasteiger partial charge >= 0.3 is 0 Å². The first kappa shape index (κ1) is 9.20. The molecule has 1 heteroatoms. The maximum Gasteiger partial charge on any atom is 0.0479 e. The van der Waals surface area contributed by atoms with Crippen LogP contribution in [0.1, 0.15) is 25.1 Å². The lowest BCUT2D eigenvalue weighted by molar-refractivity contribution is 1.03. The molecule has 0 aliphatic rings. The quantitative estimate of drug-likeness (QED) is 0.699. The summed E-state index contributed by atoms with van der Waals surface area (Å²) in [5.41, 5.74) is 2.55. The van der Waals surface area contributed by atoms with Crippen LogP contribution in [0.15, 0.2) is 30.5 Å². The zero-order valence-electron chi connectivity index (χ0n) is 8.75. The van der Waals surface area contributed by atoms with E-state index in [1.54, 1.807) is 0 Å². The van der Waals surface area contributed by atoms with Crippen LogP contribution in [0.2, 0.25) is 0 Å². The fourth-order valence-corrected chi connectivity index (χ4v) is 1.87. The minimum absolute atomic E-state index is 1.00. The van der Waals surface area contributed by atoms with E-state index in [1.807, 2.05) is 6.20 Å². The molecule has 0 N–H and O–H groups in total. The van der Waals surface area contributed by atoms with Gasteiger partial charge in [-0.2, -0.15) is 0 Å². The summed E-state index contributed by atoms with van der Waals surface area (Å²) < 4.78 is 0. The molecule has 1 nitrogen and oxygen atoms in total. The van der Waals surface area contributed by atoms with Gasteiger partial charge in [0.25, 0.3) is 0 Å². The summed E-state index contributed by atoms with van der Waals surface area (Å²) in [6.07, 6.45) is 4.07. The number of aryl methyl sites for hydroxylation is 2. The lowest BCUT2D eigenvalue weighted by atomic mass is 10.0. The van der Waals surface area contributed by atoms with Crippen LogP contribution < -0.4 is 0 Å². The molecule has 72 valence electrons. The van der Waals surface area contributed by atoms with Gasteiger partial charge in [-0.25, -0.2) is 0 Å². The second-order valence-electron chi connectivity index (χ2n) is 3.48. The Morgan fingerprint density at radius 3 is 2.36 bits per heavy atom. The minimum atomic E-state index is 1.00. The molecular formula is C13H15N. The summed E-state index contributed by atoms with van der Waals surface area (Å²) in [5.74, 6) is 0. The van der Waals surface area contributed by atoms with Crippen LogP contribution in [0.3, 0.4) is 0 Å². The summed E-state index contributed by atoms with van der Waals surface area (Å²) in [6, 6.07) is 8.54. The molecule has 0 atom stereocenters. The summed E-state index contributed by atoms with van der Waals surface area (Å²) in [7, 11) is 0. The molecule has 1 aromatic carbocycles. The number of rotatable bonds is 2. The molecule has 2 rings (SSSR count). The molecule has 0 saturated carbocycles. The van der Waals surface area contributed by atoms with Crippen LogP contribution in [-0.4, -0.2) is 4.98 Å². The molecule has 0 aliphatic heterocycles. The average Bonchev–Trinajstić information content (AvgIpc) is 2.27. The van der Waals surface area contributed by atoms with Gasteiger partial charge in [-0.1, -0.05) is 38.1 Å². The van der Waals surface area contributed by atoms with E-state index in [2.05, 4.69) is 43.1 Å². The van der Waals surface area contributed by atoms with Crippen molar-refractivity contribution in [3.8, 4) is 0 Å². The fourth-order valence-electron chi connectivity index (χ4n) is 1.87. The Kier molecular flexibility index (Phi) is 2.49. The highest BCUT2D eigenvalue weighted by Gasteiger charge is 2.03. The highest BCUT2D eigenvalue weighted by molar-refractivity contribution is 5.87. The zero-order valence-corrected chi connectivity index (χ0v) is 8.75. The van der Waals surface area contributed by atoms with E-state index in [-0.39, 0.29) is 0 Å². The number of nitrogens with zero attached hydrogens (tertiary/aromatic N) is 1. The number of pyridine rings is 1. The van der Waals surface area contributed by atoms with Crippen molar-refractivity contribution in [2.24, 2.45) is 0 Å². The number of benzene rings is 1. The summed E-state index contributed by atoms with van der Waals surface area (Å²) >= 11 is 0. The first-order valence-corrected chi connectivity index (χ1v) is 5.22. The largest absolute Gasteiger partial charge is 0.260 e. The van der Waals surface area contributed by atoms with E-state index in [1.165, 1.54) is 22.0 Å². The molecule has 1 aromatic heterocycles. The van der Waals surface area contributed by atoms with Crippen molar-refractivity contribution in [3.63, 3.8) is 0 Å². The van der Waals surface area contributed by atoms with Crippen molar-refractivity contribution in [2.75, 3.05) is 0 Å². The van der Waals surface area contributed by atoms with Gasteiger partial charge in [0.1, 0.15) is 0 Å². The minimum Gasteiger partial charge on any atom is -0.260 e. The topological polar surface area (TPSA) is 12.9 Å². The molecule has 2 aromatic rings. The molecule has 0 spiro atoms. The number of aromatic nitrogens is 1. The third-order valence-corrected chi connectivity index (χ3v) is 2.68. The van der Waals surface area contributed by atoms with Crippen LogP contribution >= 0.6 is 0 Å². The van der Waals surface area contributed by atoms with E-state index in [4.69, 9.17) is 0 Å². The van der Waals surface area contributed by atoms with Crippen molar-refractivity contribution in [3.05, 3.63) is 41.7 Å². The summed E-state index contributed by atoms with van der Waals surface area (Å²) in [6.45, 7) is 4.33. The molecule has 0 fully saturated rings. The Morgan fingerprint density at radius 1 is 1.00 bits per heavy atom. The van der Waals surface area contributed by atoms with Crippen LogP contribution in [0.4, 0.5) is 0 Å². The van der Waals surface area contributed by atoms with Gasteiger partial charge < -0.3 is 0 Å². The first-order chi connectivity index (χ1) is 6.86. The standard InChI is InChI=1S/C13H15N/c1-3-10-9-14-13(4-2)12-8-6-5-7-11(10)12/h5-9H,3-4H2,1-2H3. The summed E-state index contributed by atoms with van der Waals surface area (Å²) in [5, 5.41) is 2.68. The predicted octanol–water partition coefficient (Wildman–Crippen LogP) is 3.36. The van der Waals surface area contributed by atoms with Gasteiger partial charge in [0, 0.05) is 17.3 Å². The monoisotopic (exact) mass is 185 g/mol. The van der Waals surface area contributed by atoms with E-state index in [0.29, 0.717) is 0 Å². The normalized spacial score (nSPS) is 10.7. The van der Waals surface area contributed by atoms with Crippen molar-refractivity contribution in [2.45, 2.75) is 26.7 Å². The lowest BCUT2D eigenvalue weighted by Crippen LogP contribution is -1.93. The number of hydrogen-bond donors (Lipinski definition) is 0. The van der Waals surface area contributed by atoms with Gasteiger partial charge in [-0.15, -0.1) is 0 Å². The van der Waals surface area contributed by atoms with Gasteiger partial charge in [0.05, 0.1) is 0 Å². The second-order valence-corrected chi connectivity index (χ2v) is 3.48. The number of hydrogen-bond acceptors (Lipinski definition) is 1. The lowest BCUT2D eigenvalue weighted by Gasteiger charge is -2.07. The molecule has 0 unspecified atom stereocenters. The molecule has 0 bridgehead atoms. The molecule has 1 heterocycles. The SMILES string of the molecule is CCc1cnc(CC)c2ccccc12. The average molecular weight is 185 g/mol. The summed E-state index contributed by atoms with van der Waals surface area (Å²) in [4.78, 5) is 4.50. The van der Waals surface area contributed by atoms with Gasteiger partial charge in [0.15, 0.2) is 0 Å². The van der Waals surface area contributed by atoms with E-state index >= 15 is 0 Å². The molecule has 14 heavy (non-hydrogen) atoms. The van der Waals surface area contributed by atoms with Crippen LogP contribution in [0.25, 0.3) is 10.8 Å². The van der Waals surface area contributed by atoms with Gasteiger partial charge in [-0.3, -0.25) is 4.98 Å². The van der Waals surface area contributed by atoms with E-state index in [0.717, 1.165) is 12.8 Å². The fraction of sp³-hybridized carbons (Fsp3) is 0.308. The maximum atomic E-state index is 4.50. The van der Waals surface area contributed by atoms with Crippen LogP contribution in [0, 0.1) is 0 Å². The first-order valence-electron chi connectivity index (χ1n) is 5.22. The van der Waals surface area contributed by atoms with Crippen molar-refractivity contribution < 1.29 is 0 Å². The predicted molar refractivity (Wildman–Crippen MR) is 60.5 cm³/mol. The second kappa shape index (κ2) is 3.79.